The van der Waals surface area contributed by atoms with Crippen molar-refractivity contribution in [1.82, 2.24) is 0 Å². The van der Waals surface area contributed by atoms with Crippen molar-refractivity contribution in [3.8, 4) is 5.75 Å². The molecule has 6 heteroatoms. The first kappa shape index (κ1) is 19.2. The number of carbonyl (C=O) groups is 2. The first-order valence-corrected chi connectivity index (χ1v) is 8.45. The van der Waals surface area contributed by atoms with E-state index in [1.807, 2.05) is 0 Å². The molecule has 0 aliphatic heterocycles. The summed E-state index contributed by atoms with van der Waals surface area (Å²) >= 11 is 0. The smallest absolute Gasteiger partial charge is 0.342 e. The average Bonchev–Trinajstić information content (AvgIpc) is 2.72. The van der Waals surface area contributed by atoms with E-state index in [-0.39, 0.29) is 29.3 Å². The van der Waals surface area contributed by atoms with Gasteiger partial charge in [0.2, 0.25) is 5.78 Å². The van der Waals surface area contributed by atoms with Crippen LogP contribution in [0.5, 0.6) is 5.75 Å². The van der Waals surface area contributed by atoms with Gasteiger partial charge in [-0.3, -0.25) is 4.79 Å². The number of para-hydroxylation sites is 1. The maximum atomic E-state index is 13.6. The predicted octanol–water partition coefficient (Wildman–Crippen LogP) is 4.58. The highest BCUT2D eigenvalue weighted by Crippen LogP contribution is 2.21. The minimum absolute atomic E-state index is 0.124. The van der Waals surface area contributed by atoms with E-state index >= 15 is 0 Å². The Balaban J connectivity index is 1.64. The van der Waals surface area contributed by atoms with Gasteiger partial charge in [-0.15, -0.1) is 0 Å². The fourth-order valence-corrected chi connectivity index (χ4v) is 2.48. The number of rotatable bonds is 7. The molecule has 0 unspecified atom stereocenters. The maximum absolute atomic E-state index is 13.6. The van der Waals surface area contributed by atoms with E-state index in [0.29, 0.717) is 0 Å². The third-order valence-electron chi connectivity index (χ3n) is 3.92. The van der Waals surface area contributed by atoms with Crippen LogP contribution in [0, 0.1) is 11.6 Å². The van der Waals surface area contributed by atoms with Crippen LogP contribution in [0.1, 0.15) is 26.3 Å². The zero-order valence-electron chi connectivity index (χ0n) is 14.7. The van der Waals surface area contributed by atoms with Gasteiger partial charge in [-0.1, -0.05) is 36.4 Å². The number of ether oxygens (including phenoxy) is 2. The van der Waals surface area contributed by atoms with Crippen molar-refractivity contribution < 1.29 is 27.8 Å². The molecule has 3 aromatic carbocycles. The minimum atomic E-state index is -0.764. The highest BCUT2D eigenvalue weighted by atomic mass is 19.1. The molecule has 0 spiro atoms. The summed E-state index contributed by atoms with van der Waals surface area (Å²) < 4.78 is 37.2. The van der Waals surface area contributed by atoms with Gasteiger partial charge in [-0.2, -0.15) is 0 Å². The highest BCUT2D eigenvalue weighted by Gasteiger charge is 2.17. The molecule has 0 aliphatic rings. The van der Waals surface area contributed by atoms with Gasteiger partial charge in [0.05, 0.1) is 5.56 Å². The van der Waals surface area contributed by atoms with E-state index in [0.717, 1.165) is 11.6 Å². The average molecular weight is 382 g/mol. The van der Waals surface area contributed by atoms with Crippen LogP contribution in [0.3, 0.4) is 0 Å². The largest absolute Gasteiger partial charge is 0.488 e. The third-order valence-corrected chi connectivity index (χ3v) is 3.92. The van der Waals surface area contributed by atoms with Gasteiger partial charge in [0.25, 0.3) is 0 Å². The molecule has 28 heavy (non-hydrogen) atoms. The number of Topliss-reactive ketones (excluding diaryl/α,β-unsaturated/α-hetero) is 1. The summed E-state index contributed by atoms with van der Waals surface area (Å²) in [5.41, 5.74) is 0.710. The molecule has 0 saturated heterocycles. The lowest BCUT2D eigenvalue weighted by atomic mass is 10.1. The van der Waals surface area contributed by atoms with E-state index < -0.39 is 24.2 Å². The van der Waals surface area contributed by atoms with Gasteiger partial charge in [0.15, 0.2) is 6.61 Å². The van der Waals surface area contributed by atoms with Gasteiger partial charge in [-0.25, -0.2) is 13.6 Å². The van der Waals surface area contributed by atoms with Crippen LogP contribution >= 0.6 is 0 Å². The van der Waals surface area contributed by atoms with Crippen LogP contribution in [0.2, 0.25) is 0 Å². The zero-order valence-corrected chi connectivity index (χ0v) is 14.7. The number of hydrogen-bond acceptors (Lipinski definition) is 4. The topological polar surface area (TPSA) is 52.6 Å². The molecule has 3 aromatic rings. The molecule has 0 radical (unpaired) electrons. The van der Waals surface area contributed by atoms with E-state index in [1.54, 1.807) is 30.3 Å². The fourth-order valence-electron chi connectivity index (χ4n) is 2.48. The number of benzene rings is 3. The lowest BCUT2D eigenvalue weighted by Crippen LogP contribution is -2.16. The lowest BCUT2D eigenvalue weighted by molar-refractivity contribution is 0.0469. The zero-order chi connectivity index (χ0) is 19.9. The Morgan fingerprint density at radius 1 is 0.786 bits per heavy atom. The summed E-state index contributed by atoms with van der Waals surface area (Å²) in [6, 6.07) is 17.6. The molecule has 0 saturated carbocycles. The molecular weight excluding hydrogens is 366 g/mol. The van der Waals surface area contributed by atoms with Crippen LogP contribution < -0.4 is 4.74 Å². The molecule has 0 aromatic heterocycles. The molecule has 3 rings (SSSR count). The molecule has 0 atom stereocenters. The van der Waals surface area contributed by atoms with E-state index in [1.165, 1.54) is 36.4 Å². The summed E-state index contributed by atoms with van der Waals surface area (Å²) in [7, 11) is 0. The van der Waals surface area contributed by atoms with Crippen LogP contribution in [0.15, 0.2) is 72.8 Å². The Kier molecular flexibility index (Phi) is 6.11. The summed E-state index contributed by atoms with van der Waals surface area (Å²) in [5, 5.41) is 0. The van der Waals surface area contributed by atoms with Crippen molar-refractivity contribution in [2.75, 3.05) is 6.61 Å². The van der Waals surface area contributed by atoms with E-state index in [4.69, 9.17) is 9.47 Å². The summed E-state index contributed by atoms with van der Waals surface area (Å²) in [6.45, 7) is -0.467. The number of esters is 1. The molecule has 0 fully saturated rings. The summed E-state index contributed by atoms with van der Waals surface area (Å²) in [4.78, 5) is 24.4. The van der Waals surface area contributed by atoms with Gasteiger partial charge in [0, 0.05) is 0 Å². The van der Waals surface area contributed by atoms with Gasteiger partial charge < -0.3 is 9.47 Å². The number of carbonyl (C=O) groups excluding carboxylic acids is 2. The molecule has 0 bridgehead atoms. The standard InChI is InChI=1S/C22H16F2O4/c23-16-11-9-15(10-12-16)13-27-21-8-4-2-6-18(21)22(26)28-14-20(25)17-5-1-3-7-19(17)24/h1-12H,13-14H2. The molecule has 4 nitrogen and oxygen atoms in total. The van der Waals surface area contributed by atoms with Gasteiger partial charge in [0.1, 0.15) is 29.6 Å². The Morgan fingerprint density at radius 2 is 1.43 bits per heavy atom. The predicted molar refractivity (Wildman–Crippen MR) is 98.2 cm³/mol. The van der Waals surface area contributed by atoms with Crippen LogP contribution in [-0.2, 0) is 11.3 Å². The highest BCUT2D eigenvalue weighted by molar-refractivity contribution is 6.00. The van der Waals surface area contributed by atoms with E-state index in [9.17, 15) is 18.4 Å². The molecule has 142 valence electrons. The fraction of sp³-hybridized carbons (Fsp3) is 0.0909. The third kappa shape index (κ3) is 4.79. The van der Waals surface area contributed by atoms with Crippen molar-refractivity contribution in [1.29, 1.82) is 0 Å². The second kappa shape index (κ2) is 8.90. The van der Waals surface area contributed by atoms with Crippen molar-refractivity contribution in [3.05, 3.63) is 101 Å². The van der Waals surface area contributed by atoms with Crippen molar-refractivity contribution in [2.45, 2.75) is 6.61 Å². The van der Waals surface area contributed by atoms with E-state index in [2.05, 4.69) is 0 Å². The summed E-state index contributed by atoms with van der Waals surface area (Å²) in [6.07, 6.45) is 0. The monoisotopic (exact) mass is 382 g/mol. The van der Waals surface area contributed by atoms with Crippen molar-refractivity contribution >= 4 is 11.8 Å². The number of halogens is 2. The Hall–Kier alpha value is -3.54. The Labute approximate surface area is 160 Å². The van der Waals surface area contributed by atoms with Crippen LogP contribution in [0.25, 0.3) is 0 Å². The van der Waals surface area contributed by atoms with Crippen LogP contribution in [-0.4, -0.2) is 18.4 Å². The first-order chi connectivity index (χ1) is 13.5. The second-order valence-corrected chi connectivity index (χ2v) is 5.89. The van der Waals surface area contributed by atoms with Crippen LogP contribution in [0.4, 0.5) is 8.78 Å². The first-order valence-electron chi connectivity index (χ1n) is 8.45. The quantitative estimate of drug-likeness (QED) is 0.443. The second-order valence-electron chi connectivity index (χ2n) is 5.89. The summed E-state index contributed by atoms with van der Waals surface area (Å²) in [5.74, 6) is -2.18. The van der Waals surface area contributed by atoms with Crippen molar-refractivity contribution in [2.24, 2.45) is 0 Å². The number of ketones is 1. The Morgan fingerprint density at radius 3 is 2.14 bits per heavy atom. The SMILES string of the molecule is O=C(COC(=O)c1ccccc1OCc1ccc(F)cc1)c1ccccc1F. The van der Waals surface area contributed by atoms with Gasteiger partial charge >= 0.3 is 5.97 Å². The van der Waals surface area contributed by atoms with Gasteiger partial charge in [-0.05, 0) is 42.0 Å². The maximum Gasteiger partial charge on any atom is 0.342 e. The molecule has 0 N–H and O–H groups in total. The molecule has 0 aliphatic carbocycles. The molecule has 0 amide bonds. The van der Waals surface area contributed by atoms with Crippen molar-refractivity contribution in [3.63, 3.8) is 0 Å². The molecule has 0 heterocycles. The normalized spacial score (nSPS) is 10.4. The molecular formula is C22H16F2O4. The minimum Gasteiger partial charge on any atom is -0.488 e. The number of hydrogen-bond donors (Lipinski definition) is 0. The lowest BCUT2D eigenvalue weighted by Gasteiger charge is -2.11. The Bertz CT molecular complexity index is 984.